The lowest BCUT2D eigenvalue weighted by molar-refractivity contribution is 0.0931. The number of nitrogens with two attached hydrogens (primary N) is 1. The lowest BCUT2D eigenvalue weighted by Crippen LogP contribution is -2.29. The van der Waals surface area contributed by atoms with Gasteiger partial charge in [0.1, 0.15) is 0 Å². The highest BCUT2D eigenvalue weighted by molar-refractivity contribution is 6.33. The molecule has 3 rings (SSSR count). The molecule has 3 N–H and O–H groups in total. The number of amides is 1. The van der Waals surface area contributed by atoms with Gasteiger partial charge in [-0.3, -0.25) is 4.79 Å². The van der Waals surface area contributed by atoms with Gasteiger partial charge in [0.25, 0.3) is 5.91 Å². The Hall–Kier alpha value is -2.00. The van der Waals surface area contributed by atoms with Crippen LogP contribution >= 0.6 is 11.6 Å². The zero-order valence-electron chi connectivity index (χ0n) is 11.6. The van der Waals surface area contributed by atoms with Crippen molar-refractivity contribution in [2.75, 3.05) is 5.73 Å². The number of benzene rings is 2. The van der Waals surface area contributed by atoms with Crippen molar-refractivity contribution < 1.29 is 4.79 Å². The molecule has 0 radical (unpaired) electrons. The Balaban J connectivity index is 1.79. The van der Waals surface area contributed by atoms with E-state index in [1.54, 1.807) is 18.2 Å². The summed E-state index contributed by atoms with van der Waals surface area (Å²) in [5.74, 6) is 0.415. The van der Waals surface area contributed by atoms with Gasteiger partial charge in [0, 0.05) is 5.56 Å². The monoisotopic (exact) mass is 300 g/mol. The van der Waals surface area contributed by atoms with Crippen LogP contribution in [0.15, 0.2) is 48.5 Å². The normalized spacial score (nSPS) is 15.5. The number of nitrogen functional groups attached to an aromatic ring is 1. The van der Waals surface area contributed by atoms with Crippen molar-refractivity contribution in [3.8, 4) is 0 Å². The number of hydrogen-bond acceptors (Lipinski definition) is 2. The molecule has 2 aromatic rings. The minimum absolute atomic E-state index is 0.0648. The molecule has 3 nitrogen and oxygen atoms in total. The van der Waals surface area contributed by atoms with Gasteiger partial charge in [-0.05, 0) is 42.5 Å². The minimum atomic E-state index is -0.113. The summed E-state index contributed by atoms with van der Waals surface area (Å²) in [7, 11) is 0. The molecule has 4 heteroatoms. The Kier molecular flexibility index (Phi) is 3.84. The van der Waals surface area contributed by atoms with Gasteiger partial charge >= 0.3 is 0 Å². The van der Waals surface area contributed by atoms with Crippen molar-refractivity contribution in [3.05, 3.63) is 64.7 Å². The van der Waals surface area contributed by atoms with Crippen LogP contribution in [0.1, 0.15) is 34.8 Å². The fourth-order valence-corrected chi connectivity index (χ4v) is 2.64. The molecule has 2 aromatic carbocycles. The summed E-state index contributed by atoms with van der Waals surface area (Å²) in [6, 6.07) is 15.1. The van der Waals surface area contributed by atoms with Crippen LogP contribution in [0, 0.1) is 5.92 Å². The average molecular weight is 301 g/mol. The van der Waals surface area contributed by atoms with E-state index in [9.17, 15) is 4.79 Å². The van der Waals surface area contributed by atoms with E-state index in [1.165, 1.54) is 0 Å². The smallest absolute Gasteiger partial charge is 0.251 e. The van der Waals surface area contributed by atoms with Gasteiger partial charge in [-0.15, -0.1) is 0 Å². The van der Waals surface area contributed by atoms with Crippen molar-refractivity contribution in [3.63, 3.8) is 0 Å². The molecular formula is C17H17ClN2O. The molecule has 0 aliphatic heterocycles. The molecule has 1 aliphatic carbocycles. The molecule has 0 bridgehead atoms. The SMILES string of the molecule is Nc1ccc(C(=O)NC(c2ccccc2)C2CC2)cc1Cl. The number of nitrogens with one attached hydrogen (secondary N) is 1. The van der Waals surface area contributed by atoms with Crippen LogP contribution in [-0.2, 0) is 0 Å². The first-order chi connectivity index (χ1) is 10.1. The predicted octanol–water partition coefficient (Wildman–Crippen LogP) is 3.80. The highest BCUT2D eigenvalue weighted by atomic mass is 35.5. The van der Waals surface area contributed by atoms with Crippen molar-refractivity contribution in [2.45, 2.75) is 18.9 Å². The molecule has 0 saturated heterocycles. The summed E-state index contributed by atoms with van der Waals surface area (Å²) in [5, 5.41) is 3.53. The number of carbonyl (C=O) groups is 1. The summed E-state index contributed by atoms with van der Waals surface area (Å²) in [5.41, 5.74) is 7.84. The summed E-state index contributed by atoms with van der Waals surface area (Å²) in [6.45, 7) is 0. The predicted molar refractivity (Wildman–Crippen MR) is 85.2 cm³/mol. The molecule has 21 heavy (non-hydrogen) atoms. The van der Waals surface area contributed by atoms with E-state index in [-0.39, 0.29) is 11.9 Å². The molecule has 0 heterocycles. The Morgan fingerprint density at radius 1 is 1.19 bits per heavy atom. The van der Waals surface area contributed by atoms with Gasteiger partial charge in [-0.2, -0.15) is 0 Å². The molecule has 1 atom stereocenters. The maximum absolute atomic E-state index is 12.4. The fraction of sp³-hybridized carbons (Fsp3) is 0.235. The van der Waals surface area contributed by atoms with E-state index in [0.717, 1.165) is 18.4 Å². The lowest BCUT2D eigenvalue weighted by atomic mass is 10.0. The van der Waals surface area contributed by atoms with Crippen LogP contribution in [0.3, 0.4) is 0 Å². The van der Waals surface area contributed by atoms with Crippen molar-refractivity contribution in [2.24, 2.45) is 5.92 Å². The lowest BCUT2D eigenvalue weighted by Gasteiger charge is -2.19. The quantitative estimate of drug-likeness (QED) is 0.844. The molecule has 0 spiro atoms. The van der Waals surface area contributed by atoms with Crippen molar-refractivity contribution >= 4 is 23.2 Å². The molecule has 1 amide bonds. The summed E-state index contributed by atoms with van der Waals surface area (Å²) in [6.07, 6.45) is 2.31. The third-order valence-corrected chi connectivity index (χ3v) is 4.13. The van der Waals surface area contributed by atoms with Crippen LogP contribution in [0.5, 0.6) is 0 Å². The second-order valence-electron chi connectivity index (χ2n) is 5.44. The van der Waals surface area contributed by atoms with Crippen LogP contribution in [0.4, 0.5) is 5.69 Å². The second-order valence-corrected chi connectivity index (χ2v) is 5.84. The molecule has 1 unspecified atom stereocenters. The zero-order chi connectivity index (χ0) is 14.8. The number of hydrogen-bond donors (Lipinski definition) is 2. The molecule has 108 valence electrons. The van der Waals surface area contributed by atoms with E-state index in [0.29, 0.717) is 22.2 Å². The maximum Gasteiger partial charge on any atom is 0.251 e. The van der Waals surface area contributed by atoms with E-state index >= 15 is 0 Å². The minimum Gasteiger partial charge on any atom is -0.398 e. The third-order valence-electron chi connectivity index (χ3n) is 3.80. The van der Waals surface area contributed by atoms with Crippen molar-refractivity contribution in [1.29, 1.82) is 0 Å². The van der Waals surface area contributed by atoms with E-state index < -0.39 is 0 Å². The van der Waals surface area contributed by atoms with Gasteiger partial charge < -0.3 is 11.1 Å². The number of carbonyl (C=O) groups excluding carboxylic acids is 1. The Bertz CT molecular complexity index is 653. The standard InChI is InChI=1S/C17H17ClN2O/c18-14-10-13(8-9-15(14)19)17(21)20-16(12-6-7-12)11-4-2-1-3-5-11/h1-5,8-10,12,16H,6-7,19H2,(H,20,21). The summed E-state index contributed by atoms with van der Waals surface area (Å²) >= 11 is 5.98. The van der Waals surface area contributed by atoms with E-state index in [1.807, 2.05) is 18.2 Å². The maximum atomic E-state index is 12.4. The molecule has 1 saturated carbocycles. The fourth-order valence-electron chi connectivity index (χ4n) is 2.46. The first-order valence-electron chi connectivity index (χ1n) is 7.06. The number of anilines is 1. The largest absolute Gasteiger partial charge is 0.398 e. The topological polar surface area (TPSA) is 55.1 Å². The number of rotatable bonds is 4. The highest BCUT2D eigenvalue weighted by Gasteiger charge is 2.33. The van der Waals surface area contributed by atoms with Crippen LogP contribution < -0.4 is 11.1 Å². The Morgan fingerprint density at radius 2 is 1.90 bits per heavy atom. The second kappa shape index (κ2) is 5.78. The highest BCUT2D eigenvalue weighted by Crippen LogP contribution is 2.41. The molecule has 1 aliphatic rings. The van der Waals surface area contributed by atoms with Crippen molar-refractivity contribution in [1.82, 2.24) is 5.32 Å². The van der Waals surface area contributed by atoms with E-state index in [4.69, 9.17) is 17.3 Å². The van der Waals surface area contributed by atoms with Gasteiger partial charge in [0.15, 0.2) is 0 Å². The summed E-state index contributed by atoms with van der Waals surface area (Å²) in [4.78, 5) is 12.4. The average Bonchev–Trinajstić information content (AvgIpc) is 3.33. The Labute approximate surface area is 129 Å². The Morgan fingerprint density at radius 3 is 2.52 bits per heavy atom. The van der Waals surface area contributed by atoms with Gasteiger partial charge in [-0.1, -0.05) is 41.9 Å². The van der Waals surface area contributed by atoms with Crippen LogP contribution in [0.2, 0.25) is 5.02 Å². The zero-order valence-corrected chi connectivity index (χ0v) is 12.3. The number of halogens is 1. The van der Waals surface area contributed by atoms with Crippen LogP contribution in [0.25, 0.3) is 0 Å². The first kappa shape index (κ1) is 14.0. The molecule has 1 fully saturated rings. The molecule has 0 aromatic heterocycles. The first-order valence-corrected chi connectivity index (χ1v) is 7.44. The van der Waals surface area contributed by atoms with Crippen LogP contribution in [-0.4, -0.2) is 5.91 Å². The van der Waals surface area contributed by atoms with Gasteiger partial charge in [-0.25, -0.2) is 0 Å². The van der Waals surface area contributed by atoms with Gasteiger partial charge in [0.2, 0.25) is 0 Å². The third kappa shape index (κ3) is 3.19. The summed E-state index contributed by atoms with van der Waals surface area (Å²) < 4.78 is 0. The van der Waals surface area contributed by atoms with Gasteiger partial charge in [0.05, 0.1) is 16.8 Å². The molecular weight excluding hydrogens is 284 g/mol. The van der Waals surface area contributed by atoms with E-state index in [2.05, 4.69) is 17.4 Å².